The Morgan fingerprint density at radius 1 is 0.556 bits per heavy atom. The summed E-state index contributed by atoms with van der Waals surface area (Å²) in [6.45, 7) is 0. The first-order chi connectivity index (χ1) is 13.4. The van der Waals surface area contributed by atoms with Crippen LogP contribution in [0.4, 0.5) is 0 Å². The van der Waals surface area contributed by atoms with E-state index in [1.54, 1.807) is 0 Å². The lowest BCUT2D eigenvalue weighted by Crippen LogP contribution is -2.28. The third-order valence-corrected chi connectivity index (χ3v) is 6.22. The van der Waals surface area contributed by atoms with Gasteiger partial charge in [0.25, 0.3) is 0 Å². The van der Waals surface area contributed by atoms with Crippen molar-refractivity contribution < 1.29 is 0 Å². The molecule has 0 N–H and O–H groups in total. The van der Waals surface area contributed by atoms with E-state index in [1.807, 2.05) is 0 Å². The van der Waals surface area contributed by atoms with Gasteiger partial charge in [0.15, 0.2) is 0 Å². The second-order valence-corrected chi connectivity index (χ2v) is 7.75. The van der Waals surface area contributed by atoms with E-state index in [4.69, 9.17) is 0 Å². The number of benzene rings is 3. The van der Waals surface area contributed by atoms with E-state index in [9.17, 15) is 0 Å². The number of hydrogen-bond acceptors (Lipinski definition) is 0. The predicted octanol–water partition coefficient (Wildman–Crippen LogP) is 6.84. The highest BCUT2D eigenvalue weighted by Gasteiger charge is 2.38. The molecule has 0 fully saturated rings. The number of allylic oxidation sites excluding steroid dienone is 4. The average molecular weight is 348 g/mol. The zero-order valence-electron chi connectivity index (χ0n) is 15.4. The van der Waals surface area contributed by atoms with Crippen molar-refractivity contribution in [1.29, 1.82) is 0 Å². The van der Waals surface area contributed by atoms with Crippen LogP contribution in [0.3, 0.4) is 0 Å². The summed E-state index contributed by atoms with van der Waals surface area (Å²) in [5, 5.41) is 0. The molecule has 2 bridgehead atoms. The molecule has 0 heteroatoms. The topological polar surface area (TPSA) is 0 Å². The molecule has 3 aromatic carbocycles. The lowest BCUT2D eigenvalue weighted by molar-refractivity contribution is 0.391. The molecule has 4 atom stereocenters. The van der Waals surface area contributed by atoms with Gasteiger partial charge in [0, 0.05) is 11.8 Å². The Hall–Kier alpha value is -2.86. The summed E-state index contributed by atoms with van der Waals surface area (Å²) in [5.74, 6) is 2.06. The van der Waals surface area contributed by atoms with Gasteiger partial charge in [0.2, 0.25) is 0 Å². The molecule has 0 aromatic heterocycles. The van der Waals surface area contributed by atoms with Gasteiger partial charge in [0.1, 0.15) is 0 Å². The van der Waals surface area contributed by atoms with E-state index in [0.29, 0.717) is 23.7 Å². The molecule has 3 aromatic rings. The first-order valence-corrected chi connectivity index (χ1v) is 9.95. The van der Waals surface area contributed by atoms with Crippen LogP contribution in [0.2, 0.25) is 0 Å². The van der Waals surface area contributed by atoms with E-state index in [-0.39, 0.29) is 0 Å². The molecule has 0 unspecified atom stereocenters. The van der Waals surface area contributed by atoms with Gasteiger partial charge in [-0.25, -0.2) is 0 Å². The Balaban J connectivity index is 1.62. The Labute approximate surface area is 161 Å². The SMILES string of the molecule is C1=C[C@@H](c2ccccc2)[C@H]2C[C@@H]1[C@H](c1ccccc1)C=C2c1ccccc1. The third-order valence-electron chi connectivity index (χ3n) is 6.22. The van der Waals surface area contributed by atoms with Crippen molar-refractivity contribution in [1.82, 2.24) is 0 Å². The van der Waals surface area contributed by atoms with Crippen LogP contribution in [0.25, 0.3) is 5.57 Å². The van der Waals surface area contributed by atoms with E-state index in [1.165, 1.54) is 28.7 Å². The monoisotopic (exact) mass is 348 g/mol. The molecule has 0 saturated heterocycles. The quantitative estimate of drug-likeness (QED) is 0.454. The molecule has 0 saturated carbocycles. The van der Waals surface area contributed by atoms with Crippen LogP contribution in [0.5, 0.6) is 0 Å². The van der Waals surface area contributed by atoms with Gasteiger partial charge in [-0.15, -0.1) is 0 Å². The summed E-state index contributed by atoms with van der Waals surface area (Å²) >= 11 is 0. The Kier molecular flexibility index (Phi) is 4.26. The van der Waals surface area contributed by atoms with Crippen molar-refractivity contribution in [2.45, 2.75) is 18.3 Å². The van der Waals surface area contributed by atoms with Gasteiger partial charge in [-0.05, 0) is 40.5 Å². The lowest BCUT2D eigenvalue weighted by atomic mass is 9.62. The van der Waals surface area contributed by atoms with Gasteiger partial charge in [0.05, 0.1) is 0 Å². The summed E-state index contributed by atoms with van der Waals surface area (Å²) in [4.78, 5) is 0. The Morgan fingerprint density at radius 3 is 1.74 bits per heavy atom. The van der Waals surface area contributed by atoms with Crippen molar-refractivity contribution in [3.8, 4) is 0 Å². The van der Waals surface area contributed by atoms with E-state index < -0.39 is 0 Å². The molecule has 0 spiro atoms. The van der Waals surface area contributed by atoms with Crippen LogP contribution < -0.4 is 0 Å². The highest BCUT2D eigenvalue weighted by molar-refractivity contribution is 5.71. The maximum absolute atomic E-state index is 2.56. The normalized spacial score (nSPS) is 26.4. The van der Waals surface area contributed by atoms with Crippen molar-refractivity contribution in [3.05, 3.63) is 126 Å². The van der Waals surface area contributed by atoms with Crippen molar-refractivity contribution in [2.75, 3.05) is 0 Å². The van der Waals surface area contributed by atoms with Crippen molar-refractivity contribution in [3.63, 3.8) is 0 Å². The summed E-state index contributed by atoms with van der Waals surface area (Å²) < 4.78 is 0. The largest absolute Gasteiger partial charge is 0.0838 e. The van der Waals surface area contributed by atoms with Crippen LogP contribution in [0, 0.1) is 11.8 Å². The summed E-state index contributed by atoms with van der Waals surface area (Å²) in [6.07, 6.45) is 8.73. The maximum Gasteiger partial charge on any atom is 0.00871 e. The zero-order valence-corrected chi connectivity index (χ0v) is 15.4. The second-order valence-electron chi connectivity index (χ2n) is 7.75. The van der Waals surface area contributed by atoms with Crippen molar-refractivity contribution >= 4 is 5.57 Å². The first kappa shape index (κ1) is 16.3. The fraction of sp³-hybridized carbons (Fsp3) is 0.185. The van der Waals surface area contributed by atoms with Crippen LogP contribution in [-0.2, 0) is 0 Å². The molecule has 0 nitrogen and oxygen atoms in total. The van der Waals surface area contributed by atoms with Gasteiger partial charge >= 0.3 is 0 Å². The standard InChI is InChI=1S/C27H24/c1-4-10-20(11-5-1)24-17-16-23-18-27(24)26(22-14-8-3-9-15-22)19-25(23)21-12-6-2-7-13-21/h1-17,19,23-25,27H,18H2/t23-,24+,25+,27-/m1/s1. The number of hydrogen-bond donors (Lipinski definition) is 0. The number of fused-ring (bicyclic) bond motifs is 2. The number of rotatable bonds is 3. The molecule has 2 aliphatic rings. The minimum Gasteiger partial charge on any atom is -0.0838 e. The summed E-state index contributed by atoms with van der Waals surface area (Å²) in [6, 6.07) is 33.0. The smallest absolute Gasteiger partial charge is 0.00871 e. The highest BCUT2D eigenvalue weighted by Crippen LogP contribution is 2.51. The van der Waals surface area contributed by atoms with Gasteiger partial charge in [-0.2, -0.15) is 0 Å². The molecule has 0 heterocycles. The van der Waals surface area contributed by atoms with Crippen LogP contribution in [-0.4, -0.2) is 0 Å². The fourth-order valence-electron chi connectivity index (χ4n) is 4.92. The molecule has 27 heavy (non-hydrogen) atoms. The molecule has 0 aliphatic heterocycles. The minimum atomic E-state index is 0.464. The van der Waals surface area contributed by atoms with E-state index in [2.05, 4.69) is 109 Å². The molecule has 132 valence electrons. The van der Waals surface area contributed by atoms with Crippen LogP contribution in [0.1, 0.15) is 34.9 Å². The molecule has 0 radical (unpaired) electrons. The van der Waals surface area contributed by atoms with Gasteiger partial charge in [-0.3, -0.25) is 0 Å². The Morgan fingerprint density at radius 2 is 1.11 bits per heavy atom. The van der Waals surface area contributed by atoms with Crippen LogP contribution >= 0.6 is 0 Å². The first-order valence-electron chi connectivity index (χ1n) is 9.95. The summed E-state index contributed by atoms with van der Waals surface area (Å²) in [7, 11) is 0. The predicted molar refractivity (Wildman–Crippen MR) is 114 cm³/mol. The second kappa shape index (κ2) is 7.04. The lowest BCUT2D eigenvalue weighted by Gasteiger charge is -2.41. The van der Waals surface area contributed by atoms with Gasteiger partial charge in [-0.1, -0.05) is 109 Å². The zero-order chi connectivity index (χ0) is 18.1. The third kappa shape index (κ3) is 3.06. The molecule has 5 rings (SSSR count). The molecule has 0 amide bonds. The average Bonchev–Trinajstić information content (AvgIpc) is 2.76. The summed E-state index contributed by atoms with van der Waals surface area (Å²) in [5.41, 5.74) is 5.74. The highest BCUT2D eigenvalue weighted by atomic mass is 14.4. The maximum atomic E-state index is 2.56. The molecular weight excluding hydrogens is 324 g/mol. The molecule has 2 aliphatic carbocycles. The molecular formula is C27H24. The van der Waals surface area contributed by atoms with Gasteiger partial charge < -0.3 is 0 Å². The van der Waals surface area contributed by atoms with E-state index in [0.717, 1.165) is 0 Å². The van der Waals surface area contributed by atoms with Crippen LogP contribution in [0.15, 0.2) is 109 Å². The van der Waals surface area contributed by atoms with E-state index >= 15 is 0 Å². The Bertz CT molecular complexity index is 951. The van der Waals surface area contributed by atoms with Crippen molar-refractivity contribution in [2.24, 2.45) is 11.8 Å². The minimum absolute atomic E-state index is 0.464. The fourth-order valence-corrected chi connectivity index (χ4v) is 4.92.